The van der Waals surface area contributed by atoms with E-state index in [2.05, 4.69) is 12.1 Å². The molecule has 0 aliphatic carbocycles. The summed E-state index contributed by atoms with van der Waals surface area (Å²) in [5.41, 5.74) is 3.20. The third-order valence-corrected chi connectivity index (χ3v) is 4.91. The van der Waals surface area contributed by atoms with Crippen LogP contribution in [-0.2, 0) is 11.2 Å². The maximum absolute atomic E-state index is 10.7. The predicted octanol–water partition coefficient (Wildman–Crippen LogP) is 4.32. The normalized spacial score (nSPS) is 18.0. The maximum atomic E-state index is 10.7. The average molecular weight is 376 g/mol. The summed E-state index contributed by atoms with van der Waals surface area (Å²) in [6, 6.07) is 22.7. The number of rotatable bonds is 5. The molecule has 1 aliphatic rings. The fourth-order valence-corrected chi connectivity index (χ4v) is 3.58. The molecule has 5 nitrogen and oxygen atoms in total. The molecule has 0 radical (unpaired) electrons. The van der Waals surface area contributed by atoms with Gasteiger partial charge in [0.15, 0.2) is 6.61 Å². The highest BCUT2D eigenvalue weighted by Crippen LogP contribution is 2.45. The van der Waals surface area contributed by atoms with Gasteiger partial charge in [-0.1, -0.05) is 48.5 Å². The molecule has 1 heterocycles. The van der Waals surface area contributed by atoms with E-state index in [0.29, 0.717) is 11.5 Å². The molecule has 2 unspecified atom stereocenters. The monoisotopic (exact) mass is 376 g/mol. The second-order valence-electron chi connectivity index (χ2n) is 6.80. The molecule has 3 aromatic carbocycles. The molecule has 1 aliphatic heterocycles. The van der Waals surface area contributed by atoms with Crippen molar-refractivity contribution in [2.45, 2.75) is 18.4 Å². The maximum Gasteiger partial charge on any atom is 0.341 e. The van der Waals surface area contributed by atoms with Gasteiger partial charge in [0.1, 0.15) is 23.4 Å². The molecule has 0 saturated heterocycles. The molecule has 28 heavy (non-hydrogen) atoms. The summed E-state index contributed by atoms with van der Waals surface area (Å²) in [7, 11) is 0. The van der Waals surface area contributed by atoms with Crippen molar-refractivity contribution < 1.29 is 24.5 Å². The molecule has 0 aromatic heterocycles. The first-order valence-corrected chi connectivity index (χ1v) is 9.08. The minimum atomic E-state index is -1.01. The molecule has 0 bridgehead atoms. The van der Waals surface area contributed by atoms with Crippen LogP contribution in [0.3, 0.4) is 0 Å². The zero-order valence-electron chi connectivity index (χ0n) is 15.1. The Morgan fingerprint density at radius 1 is 1.00 bits per heavy atom. The molecule has 142 valence electrons. The zero-order valence-corrected chi connectivity index (χ0v) is 15.1. The Hall–Kier alpha value is -3.47. The van der Waals surface area contributed by atoms with E-state index in [1.54, 1.807) is 24.3 Å². The van der Waals surface area contributed by atoms with Crippen molar-refractivity contribution in [1.29, 1.82) is 0 Å². The van der Waals surface area contributed by atoms with Gasteiger partial charge in [0.2, 0.25) is 0 Å². The summed E-state index contributed by atoms with van der Waals surface area (Å²) in [5, 5.41) is 18.6. The van der Waals surface area contributed by atoms with E-state index < -0.39 is 5.97 Å². The lowest BCUT2D eigenvalue weighted by atomic mass is 9.82. The standard InChI is InChI=1S/C23H20O5/c24-18-9-6-17-12-20(15-4-2-1-3-5-15)23(28-21(17)13-18)16-7-10-19(11-8-16)27-14-22(25)26/h1-11,13,20,23-24H,12,14H2,(H,25,26). The highest BCUT2D eigenvalue weighted by molar-refractivity contribution is 5.68. The Labute approximate surface area is 162 Å². The van der Waals surface area contributed by atoms with Gasteiger partial charge >= 0.3 is 5.97 Å². The van der Waals surface area contributed by atoms with Gasteiger partial charge in [-0.15, -0.1) is 0 Å². The smallest absolute Gasteiger partial charge is 0.341 e. The number of fused-ring (bicyclic) bond motifs is 1. The number of aromatic hydroxyl groups is 1. The summed E-state index contributed by atoms with van der Waals surface area (Å²) < 4.78 is 11.5. The fourth-order valence-electron chi connectivity index (χ4n) is 3.58. The first-order chi connectivity index (χ1) is 13.6. The van der Waals surface area contributed by atoms with Crippen LogP contribution in [0, 0.1) is 0 Å². The molecule has 5 heteroatoms. The van der Waals surface area contributed by atoms with Crippen LogP contribution in [-0.4, -0.2) is 22.8 Å². The van der Waals surface area contributed by atoms with Gasteiger partial charge < -0.3 is 19.7 Å². The van der Waals surface area contributed by atoms with Crippen LogP contribution in [0.15, 0.2) is 72.8 Å². The van der Waals surface area contributed by atoms with Gasteiger partial charge in [0.25, 0.3) is 0 Å². The summed E-state index contributed by atoms with van der Waals surface area (Å²) in [6.45, 7) is -0.376. The van der Waals surface area contributed by atoms with Crippen LogP contribution >= 0.6 is 0 Å². The van der Waals surface area contributed by atoms with Crippen molar-refractivity contribution in [1.82, 2.24) is 0 Å². The molecule has 2 N–H and O–H groups in total. The number of hydrogen-bond donors (Lipinski definition) is 2. The lowest BCUT2D eigenvalue weighted by molar-refractivity contribution is -0.139. The zero-order chi connectivity index (χ0) is 19.5. The molecule has 0 fully saturated rings. The number of phenolic OH excluding ortho intramolecular Hbond substituents is 1. The van der Waals surface area contributed by atoms with Gasteiger partial charge in [0.05, 0.1) is 0 Å². The molecule has 0 spiro atoms. The molecular formula is C23H20O5. The molecule has 0 saturated carbocycles. The Bertz CT molecular complexity index is 966. The Balaban J connectivity index is 1.66. The second kappa shape index (κ2) is 7.64. The minimum absolute atomic E-state index is 0.115. The Morgan fingerprint density at radius 3 is 2.46 bits per heavy atom. The number of hydrogen-bond acceptors (Lipinski definition) is 4. The SMILES string of the molecule is O=C(O)COc1ccc(C2Oc3cc(O)ccc3CC2c2ccccc2)cc1. The highest BCUT2D eigenvalue weighted by atomic mass is 16.5. The number of ether oxygens (including phenoxy) is 2. The van der Waals surface area contributed by atoms with Crippen molar-refractivity contribution in [3.8, 4) is 17.2 Å². The number of carboxylic acids is 1. The highest BCUT2D eigenvalue weighted by Gasteiger charge is 2.32. The van der Waals surface area contributed by atoms with Crippen LogP contribution in [0.25, 0.3) is 0 Å². The third-order valence-electron chi connectivity index (χ3n) is 4.91. The predicted molar refractivity (Wildman–Crippen MR) is 104 cm³/mol. The van der Waals surface area contributed by atoms with Crippen molar-refractivity contribution in [3.05, 3.63) is 89.5 Å². The van der Waals surface area contributed by atoms with Crippen LogP contribution < -0.4 is 9.47 Å². The minimum Gasteiger partial charge on any atom is -0.508 e. The number of aliphatic carboxylic acids is 1. The second-order valence-corrected chi connectivity index (χ2v) is 6.80. The van der Waals surface area contributed by atoms with Crippen molar-refractivity contribution in [2.24, 2.45) is 0 Å². The summed E-state index contributed by atoms with van der Waals surface area (Å²) in [5.74, 6) is 0.456. The fraction of sp³-hybridized carbons (Fsp3) is 0.174. The van der Waals surface area contributed by atoms with Crippen LogP contribution in [0.2, 0.25) is 0 Å². The summed E-state index contributed by atoms with van der Waals surface area (Å²) >= 11 is 0. The van der Waals surface area contributed by atoms with Crippen LogP contribution in [0.5, 0.6) is 17.2 Å². The first-order valence-electron chi connectivity index (χ1n) is 9.08. The number of phenols is 1. The molecule has 4 rings (SSSR count). The number of benzene rings is 3. The molecule has 3 aromatic rings. The molecular weight excluding hydrogens is 356 g/mol. The van der Waals surface area contributed by atoms with Gasteiger partial charge in [-0.05, 0) is 41.3 Å². The van der Waals surface area contributed by atoms with Crippen molar-refractivity contribution >= 4 is 5.97 Å². The van der Waals surface area contributed by atoms with Gasteiger partial charge in [0, 0.05) is 12.0 Å². The lowest BCUT2D eigenvalue weighted by Crippen LogP contribution is -2.24. The van der Waals surface area contributed by atoms with E-state index in [1.807, 2.05) is 36.4 Å². The summed E-state index contributed by atoms with van der Waals surface area (Å²) in [6.07, 6.45) is 0.562. The van der Waals surface area contributed by atoms with Crippen LogP contribution in [0.1, 0.15) is 28.7 Å². The Kier molecular flexibility index (Phi) is 4.89. The third kappa shape index (κ3) is 3.78. The van der Waals surface area contributed by atoms with Gasteiger partial charge in [-0.2, -0.15) is 0 Å². The largest absolute Gasteiger partial charge is 0.508 e. The van der Waals surface area contributed by atoms with Crippen LogP contribution in [0.4, 0.5) is 0 Å². The number of carboxylic acid groups (broad SMARTS) is 1. The molecule has 0 amide bonds. The molecule has 2 atom stereocenters. The summed E-state index contributed by atoms with van der Waals surface area (Å²) in [4.78, 5) is 10.7. The van der Waals surface area contributed by atoms with E-state index in [0.717, 1.165) is 17.5 Å². The van der Waals surface area contributed by atoms with Gasteiger partial charge in [-0.3, -0.25) is 0 Å². The van der Waals surface area contributed by atoms with Gasteiger partial charge in [-0.25, -0.2) is 4.79 Å². The topological polar surface area (TPSA) is 76.0 Å². The first kappa shape index (κ1) is 17.9. The van der Waals surface area contributed by atoms with E-state index in [-0.39, 0.29) is 24.4 Å². The quantitative estimate of drug-likeness (QED) is 0.694. The average Bonchev–Trinajstić information content (AvgIpc) is 2.72. The Morgan fingerprint density at radius 2 is 1.75 bits per heavy atom. The van der Waals surface area contributed by atoms with E-state index >= 15 is 0 Å². The van der Waals surface area contributed by atoms with E-state index in [4.69, 9.17) is 14.6 Å². The van der Waals surface area contributed by atoms with E-state index in [9.17, 15) is 9.90 Å². The van der Waals surface area contributed by atoms with Crippen molar-refractivity contribution in [2.75, 3.05) is 6.61 Å². The van der Waals surface area contributed by atoms with Crippen molar-refractivity contribution in [3.63, 3.8) is 0 Å². The van der Waals surface area contributed by atoms with E-state index in [1.165, 1.54) is 5.56 Å². The lowest BCUT2D eigenvalue weighted by Gasteiger charge is -2.34. The number of carbonyl (C=O) groups is 1.